The Kier molecular flexibility index (Phi) is 7.62. The lowest BCUT2D eigenvalue weighted by Crippen LogP contribution is -2.46. The van der Waals surface area contributed by atoms with Gasteiger partial charge in [-0.15, -0.1) is 0 Å². The van der Waals surface area contributed by atoms with Gasteiger partial charge in [-0.05, 0) is 49.7 Å². The number of hydrogen-bond acceptors (Lipinski definition) is 5. The topological polar surface area (TPSA) is 73.9 Å². The molecule has 1 saturated heterocycles. The molecule has 0 saturated carbocycles. The van der Waals surface area contributed by atoms with Crippen LogP contribution in [0.2, 0.25) is 0 Å². The Bertz CT molecular complexity index is 1010. The zero-order valence-corrected chi connectivity index (χ0v) is 19.2. The molecule has 0 aliphatic carbocycles. The number of fused-ring (bicyclic) bond motifs is 1. The van der Waals surface area contributed by atoms with Crippen LogP contribution in [0.1, 0.15) is 25.3 Å². The number of unbranched alkanes of at least 4 members (excludes halogenated alkanes) is 1. The molecule has 2 N–H and O–H groups in total. The number of hydrogen-bond donors (Lipinski definition) is 2. The highest BCUT2D eigenvalue weighted by atomic mass is 16.5. The first-order chi connectivity index (χ1) is 16.1. The van der Waals surface area contributed by atoms with E-state index in [1.165, 1.54) is 6.92 Å². The number of benzene rings is 2. The molecule has 0 unspecified atom stereocenters. The molecule has 2 aliphatic heterocycles. The molecule has 0 radical (unpaired) electrons. The lowest BCUT2D eigenvalue weighted by molar-refractivity contribution is -0.118. The van der Waals surface area contributed by atoms with E-state index in [0.29, 0.717) is 18.7 Å². The maximum Gasteiger partial charge on any atom is 0.250 e. The predicted molar refractivity (Wildman–Crippen MR) is 132 cm³/mol. The molecule has 2 amide bonds. The average molecular weight is 449 g/mol. The number of carbonyl (C=O) groups excluding carboxylic acids is 2. The summed E-state index contributed by atoms with van der Waals surface area (Å²) in [5, 5.41) is 5.87. The molecule has 4 rings (SSSR count). The van der Waals surface area contributed by atoms with Gasteiger partial charge in [0.15, 0.2) is 0 Å². The van der Waals surface area contributed by atoms with E-state index < -0.39 is 0 Å². The van der Waals surface area contributed by atoms with Crippen molar-refractivity contribution in [2.24, 2.45) is 0 Å². The Hall–Kier alpha value is -3.32. The monoisotopic (exact) mass is 448 g/mol. The van der Waals surface area contributed by atoms with Gasteiger partial charge in [0, 0.05) is 56.6 Å². The molecule has 0 atom stereocenters. The standard InChI is InChI=1S/C26H32N4O3/c1-20(31)28-23-8-6-9-24(18-23)30-15-13-29(14-16-30)12-5-4-11-27-26(32)22-17-21-7-2-3-10-25(21)33-19-22/h2-3,6-10,17-18H,4-5,11-16,19H2,1H3,(H,27,32)(H,28,31). The van der Waals surface area contributed by atoms with Crippen LogP contribution in [0, 0.1) is 0 Å². The number of para-hydroxylation sites is 1. The summed E-state index contributed by atoms with van der Waals surface area (Å²) < 4.78 is 5.67. The Morgan fingerprint density at radius 2 is 1.82 bits per heavy atom. The number of nitrogens with one attached hydrogen (secondary N) is 2. The van der Waals surface area contributed by atoms with Gasteiger partial charge in [-0.25, -0.2) is 0 Å². The van der Waals surface area contributed by atoms with Crippen LogP contribution in [0.4, 0.5) is 11.4 Å². The van der Waals surface area contributed by atoms with Gasteiger partial charge in [-0.1, -0.05) is 24.3 Å². The van der Waals surface area contributed by atoms with Gasteiger partial charge in [-0.2, -0.15) is 0 Å². The Morgan fingerprint density at radius 1 is 1.00 bits per heavy atom. The number of ether oxygens (including phenoxy) is 1. The van der Waals surface area contributed by atoms with Crippen LogP contribution in [0.5, 0.6) is 5.75 Å². The summed E-state index contributed by atoms with van der Waals surface area (Å²) >= 11 is 0. The number of carbonyl (C=O) groups is 2. The highest BCUT2D eigenvalue weighted by molar-refractivity contribution is 5.99. The van der Waals surface area contributed by atoms with Gasteiger partial charge in [0.25, 0.3) is 5.91 Å². The fourth-order valence-electron chi connectivity index (χ4n) is 4.24. The second kappa shape index (κ2) is 11.0. The highest BCUT2D eigenvalue weighted by Crippen LogP contribution is 2.25. The molecule has 0 aromatic heterocycles. The summed E-state index contributed by atoms with van der Waals surface area (Å²) in [4.78, 5) is 28.6. The lowest BCUT2D eigenvalue weighted by atomic mass is 10.1. The second-order valence-corrected chi connectivity index (χ2v) is 8.52. The largest absolute Gasteiger partial charge is 0.488 e. The number of nitrogens with zero attached hydrogens (tertiary/aromatic N) is 2. The average Bonchev–Trinajstić information content (AvgIpc) is 2.83. The molecule has 2 aromatic carbocycles. The fourth-order valence-corrected chi connectivity index (χ4v) is 4.24. The fraction of sp³-hybridized carbons (Fsp3) is 0.385. The smallest absolute Gasteiger partial charge is 0.250 e. The Morgan fingerprint density at radius 3 is 2.64 bits per heavy atom. The quantitative estimate of drug-likeness (QED) is 0.607. The van der Waals surface area contributed by atoms with Crippen LogP contribution in [-0.2, 0) is 9.59 Å². The summed E-state index contributed by atoms with van der Waals surface area (Å²) in [7, 11) is 0. The summed E-state index contributed by atoms with van der Waals surface area (Å²) in [5.74, 6) is 0.733. The molecule has 1 fully saturated rings. The van der Waals surface area contributed by atoms with E-state index in [4.69, 9.17) is 4.74 Å². The van der Waals surface area contributed by atoms with Gasteiger partial charge in [0.05, 0.1) is 5.57 Å². The summed E-state index contributed by atoms with van der Waals surface area (Å²) in [6, 6.07) is 15.8. The van der Waals surface area contributed by atoms with Crippen LogP contribution < -0.4 is 20.3 Å². The molecule has 33 heavy (non-hydrogen) atoms. The van der Waals surface area contributed by atoms with Crippen LogP contribution >= 0.6 is 0 Å². The second-order valence-electron chi connectivity index (χ2n) is 8.52. The molecule has 2 aromatic rings. The third-order valence-electron chi connectivity index (χ3n) is 6.01. The number of anilines is 2. The molecule has 174 valence electrons. The van der Waals surface area contributed by atoms with Crippen molar-refractivity contribution in [3.63, 3.8) is 0 Å². The first-order valence-corrected chi connectivity index (χ1v) is 11.6. The normalized spacial score (nSPS) is 15.8. The molecule has 0 spiro atoms. The first-order valence-electron chi connectivity index (χ1n) is 11.6. The van der Waals surface area contributed by atoms with Gasteiger partial charge in [0.2, 0.25) is 5.91 Å². The van der Waals surface area contributed by atoms with Crippen molar-refractivity contribution in [3.8, 4) is 5.75 Å². The molecular formula is C26H32N4O3. The van der Waals surface area contributed by atoms with Crippen molar-refractivity contribution in [1.82, 2.24) is 10.2 Å². The number of rotatable bonds is 8. The van der Waals surface area contributed by atoms with Gasteiger partial charge in [-0.3, -0.25) is 14.5 Å². The van der Waals surface area contributed by atoms with E-state index in [0.717, 1.165) is 68.3 Å². The minimum Gasteiger partial charge on any atom is -0.488 e. The molecule has 7 nitrogen and oxygen atoms in total. The third-order valence-corrected chi connectivity index (χ3v) is 6.01. The molecule has 2 aliphatic rings. The van der Waals surface area contributed by atoms with E-state index in [2.05, 4.69) is 26.5 Å². The number of amides is 2. The molecule has 7 heteroatoms. The molecule has 0 bridgehead atoms. The maximum atomic E-state index is 12.4. The van der Waals surface area contributed by atoms with Crippen molar-refractivity contribution in [3.05, 3.63) is 59.7 Å². The summed E-state index contributed by atoms with van der Waals surface area (Å²) in [5.41, 5.74) is 3.61. The van der Waals surface area contributed by atoms with Crippen LogP contribution in [0.3, 0.4) is 0 Å². The maximum absolute atomic E-state index is 12.4. The van der Waals surface area contributed by atoms with Gasteiger partial charge < -0.3 is 20.3 Å². The van der Waals surface area contributed by atoms with Crippen molar-refractivity contribution in [1.29, 1.82) is 0 Å². The predicted octanol–water partition coefficient (Wildman–Crippen LogP) is 3.14. The zero-order chi connectivity index (χ0) is 23.0. The van der Waals surface area contributed by atoms with Gasteiger partial charge >= 0.3 is 0 Å². The Labute approximate surface area is 195 Å². The summed E-state index contributed by atoms with van der Waals surface area (Å²) in [6.45, 7) is 7.52. The zero-order valence-electron chi connectivity index (χ0n) is 19.2. The van der Waals surface area contributed by atoms with E-state index >= 15 is 0 Å². The van der Waals surface area contributed by atoms with Crippen LogP contribution in [-0.4, -0.2) is 62.6 Å². The Balaban J connectivity index is 1.13. The van der Waals surface area contributed by atoms with Crippen molar-refractivity contribution >= 4 is 29.3 Å². The molecule has 2 heterocycles. The SMILES string of the molecule is CC(=O)Nc1cccc(N2CCN(CCCCNC(=O)C3=Cc4ccccc4OC3)CC2)c1. The van der Waals surface area contributed by atoms with E-state index in [9.17, 15) is 9.59 Å². The third kappa shape index (κ3) is 6.35. The summed E-state index contributed by atoms with van der Waals surface area (Å²) in [6.07, 6.45) is 3.92. The number of piperazine rings is 1. The van der Waals surface area contributed by atoms with Crippen LogP contribution in [0.15, 0.2) is 54.1 Å². The van der Waals surface area contributed by atoms with Crippen molar-refractivity contribution < 1.29 is 14.3 Å². The van der Waals surface area contributed by atoms with Crippen molar-refractivity contribution in [2.75, 3.05) is 56.1 Å². The lowest BCUT2D eigenvalue weighted by Gasteiger charge is -2.36. The van der Waals surface area contributed by atoms with E-state index in [1.807, 2.05) is 48.5 Å². The molecular weight excluding hydrogens is 416 g/mol. The van der Waals surface area contributed by atoms with Crippen molar-refractivity contribution in [2.45, 2.75) is 19.8 Å². The van der Waals surface area contributed by atoms with E-state index in [1.54, 1.807) is 0 Å². The highest BCUT2D eigenvalue weighted by Gasteiger charge is 2.18. The minimum absolute atomic E-state index is 0.0420. The van der Waals surface area contributed by atoms with E-state index in [-0.39, 0.29) is 11.8 Å². The minimum atomic E-state index is -0.0534. The first kappa shape index (κ1) is 22.9. The van der Waals surface area contributed by atoms with Crippen LogP contribution in [0.25, 0.3) is 6.08 Å². The van der Waals surface area contributed by atoms with Gasteiger partial charge in [0.1, 0.15) is 12.4 Å².